The van der Waals surface area contributed by atoms with E-state index in [4.69, 9.17) is 0 Å². The number of halogens is 5. The lowest BCUT2D eigenvalue weighted by Crippen LogP contribution is -2.52. The van der Waals surface area contributed by atoms with Crippen LogP contribution in [0.1, 0.15) is 65.3 Å². The number of sulfonamides is 1. The van der Waals surface area contributed by atoms with E-state index in [0.29, 0.717) is 32.7 Å². The van der Waals surface area contributed by atoms with E-state index in [-0.39, 0.29) is 42.1 Å². The number of rotatable bonds is 8. The Hall–Kier alpha value is -3.43. The van der Waals surface area contributed by atoms with E-state index >= 15 is 0 Å². The third-order valence-electron chi connectivity index (χ3n) is 9.37. The predicted molar refractivity (Wildman–Crippen MR) is 175 cm³/mol. The first-order valence-corrected chi connectivity index (χ1v) is 17.7. The molecule has 2 aromatic carbocycles. The van der Waals surface area contributed by atoms with Crippen LogP contribution in [0.4, 0.5) is 17.6 Å². The number of hydrogen-bond donors (Lipinski definition) is 0. The number of hydrogen-bond acceptors (Lipinski definition) is 5. The van der Waals surface area contributed by atoms with E-state index in [9.17, 15) is 30.8 Å². The molecule has 2 aromatic heterocycles. The summed E-state index contributed by atoms with van der Waals surface area (Å²) in [5.74, 6) is -0.356. The summed E-state index contributed by atoms with van der Waals surface area (Å²) in [4.78, 5) is 18.9. The third-order valence-corrected chi connectivity index (χ3v) is 12.0. The molecule has 3 aliphatic carbocycles. The van der Waals surface area contributed by atoms with Crippen LogP contribution in [-0.2, 0) is 16.4 Å². The van der Waals surface area contributed by atoms with Gasteiger partial charge < -0.3 is 0 Å². The first-order chi connectivity index (χ1) is 22.3. The minimum atomic E-state index is -4.82. The maximum atomic E-state index is 14.6. The standard InChI is InChI=1S/C34H29F4IN4O3S/c35-25-5-10-27(11-6-25)43-31-15-24-4-9-28(42(20-34(36,37)38)47(45,46)29-12-7-26(39)8-13-29)17-33(24,16-23(31)19-41-43)32(44)30-14-3-22(18-40-30)21-1-2-21/h3,5-8,10-15,18-19,21,28H,1-2,4,9,16-17,20H2/t28-,33-/m0/s1. The molecule has 13 heteroatoms. The van der Waals surface area contributed by atoms with Crippen LogP contribution in [0.15, 0.2) is 83.5 Å². The van der Waals surface area contributed by atoms with Crippen molar-refractivity contribution in [2.75, 3.05) is 6.54 Å². The van der Waals surface area contributed by atoms with Crippen molar-refractivity contribution in [1.82, 2.24) is 19.1 Å². The summed E-state index contributed by atoms with van der Waals surface area (Å²) in [5.41, 5.74) is 2.50. The average Bonchev–Trinajstić information content (AvgIpc) is 3.82. The number of ketones is 1. The fourth-order valence-corrected chi connectivity index (χ4v) is 8.89. The minimum Gasteiger partial charge on any atom is -0.291 e. The van der Waals surface area contributed by atoms with Crippen molar-refractivity contribution in [2.45, 2.75) is 61.6 Å². The third kappa shape index (κ3) is 6.17. The molecule has 0 aliphatic heterocycles. The molecular weight excluding hydrogens is 747 g/mol. The van der Waals surface area contributed by atoms with Gasteiger partial charge in [-0.25, -0.2) is 17.5 Å². The topological polar surface area (TPSA) is 85.2 Å². The number of nitrogens with zero attached hydrogens (tertiary/aromatic N) is 4. The summed E-state index contributed by atoms with van der Waals surface area (Å²) in [6.07, 6.45) is 2.61. The second-order valence-electron chi connectivity index (χ2n) is 12.5. The second kappa shape index (κ2) is 11.9. The number of Topliss-reactive ketones (excluding diaryl/α,β-unsaturated/α-hetero) is 1. The molecule has 0 saturated heterocycles. The predicted octanol–water partition coefficient (Wildman–Crippen LogP) is 7.50. The Balaban J connectivity index is 1.32. The van der Waals surface area contributed by atoms with Crippen molar-refractivity contribution in [2.24, 2.45) is 5.41 Å². The van der Waals surface area contributed by atoms with Gasteiger partial charge in [-0.3, -0.25) is 9.78 Å². The van der Waals surface area contributed by atoms with Gasteiger partial charge in [0, 0.05) is 15.8 Å². The van der Waals surface area contributed by atoms with E-state index < -0.39 is 40.0 Å². The highest BCUT2D eigenvalue weighted by Gasteiger charge is 2.53. The summed E-state index contributed by atoms with van der Waals surface area (Å²) >= 11 is 2.00. The van der Waals surface area contributed by atoms with Gasteiger partial charge in [-0.1, -0.05) is 11.6 Å². The summed E-state index contributed by atoms with van der Waals surface area (Å²) in [6, 6.07) is 13.9. The summed E-state index contributed by atoms with van der Waals surface area (Å²) in [7, 11) is -4.59. The highest BCUT2D eigenvalue weighted by Crippen LogP contribution is 2.52. The molecule has 2 fully saturated rings. The Morgan fingerprint density at radius 3 is 2.36 bits per heavy atom. The van der Waals surface area contributed by atoms with Crippen LogP contribution >= 0.6 is 22.6 Å². The number of pyridine rings is 1. The van der Waals surface area contributed by atoms with Crippen LogP contribution in [0.25, 0.3) is 11.8 Å². The van der Waals surface area contributed by atoms with Gasteiger partial charge in [0.25, 0.3) is 0 Å². The Kier molecular flexibility index (Phi) is 8.15. The van der Waals surface area contributed by atoms with Gasteiger partial charge in [-0.05, 0) is 139 Å². The molecule has 0 bridgehead atoms. The highest BCUT2D eigenvalue weighted by atomic mass is 127. The van der Waals surface area contributed by atoms with Gasteiger partial charge in [-0.15, -0.1) is 0 Å². The number of allylic oxidation sites excluding steroid dienone is 1. The first kappa shape index (κ1) is 32.1. The highest BCUT2D eigenvalue weighted by molar-refractivity contribution is 14.1. The fraction of sp³-hybridized carbons (Fsp3) is 0.324. The normalized spacial score (nSPS) is 21.2. The maximum absolute atomic E-state index is 14.6. The molecule has 7 nitrogen and oxygen atoms in total. The van der Waals surface area contributed by atoms with Crippen molar-refractivity contribution in [3.8, 4) is 5.69 Å². The van der Waals surface area contributed by atoms with Crippen molar-refractivity contribution in [1.29, 1.82) is 0 Å². The van der Waals surface area contributed by atoms with Crippen LogP contribution in [0.3, 0.4) is 0 Å². The molecule has 47 heavy (non-hydrogen) atoms. The first-order valence-electron chi connectivity index (χ1n) is 15.2. The SMILES string of the molecule is O=C(c1ccc(C2CC2)cn1)[C@]12Cc3cnn(-c4ccc(F)cc4)c3C=C1CC[C@H](N(CC(F)(F)F)S(=O)(=O)c1ccc(I)cc1)C2. The number of carbonyl (C=O) groups excluding carboxylic acids is 1. The largest absolute Gasteiger partial charge is 0.402 e. The van der Waals surface area contributed by atoms with Crippen LogP contribution in [0.5, 0.6) is 0 Å². The molecule has 0 unspecified atom stereocenters. The fourth-order valence-electron chi connectivity index (χ4n) is 6.89. The number of carbonyl (C=O) groups is 1. The quantitative estimate of drug-likeness (QED) is 0.105. The van der Waals surface area contributed by atoms with Crippen LogP contribution in [-0.4, -0.2) is 52.0 Å². The van der Waals surface area contributed by atoms with Gasteiger partial charge in [0.1, 0.15) is 18.1 Å². The molecule has 3 aliphatic rings. The van der Waals surface area contributed by atoms with E-state index in [1.807, 2.05) is 34.7 Å². The molecule has 7 rings (SSSR count). The zero-order chi connectivity index (χ0) is 33.1. The van der Waals surface area contributed by atoms with E-state index in [0.717, 1.165) is 22.0 Å². The smallest absolute Gasteiger partial charge is 0.291 e. The van der Waals surface area contributed by atoms with Crippen molar-refractivity contribution >= 4 is 44.5 Å². The lowest BCUT2D eigenvalue weighted by atomic mass is 9.60. The zero-order valence-electron chi connectivity index (χ0n) is 24.9. The second-order valence-corrected chi connectivity index (χ2v) is 15.6. The van der Waals surface area contributed by atoms with E-state index in [1.165, 1.54) is 36.4 Å². The average molecular weight is 777 g/mol. The molecule has 2 atom stereocenters. The Labute approximate surface area is 282 Å². The Bertz CT molecular complexity index is 1970. The molecule has 0 spiro atoms. The van der Waals surface area contributed by atoms with Gasteiger partial charge in [0.2, 0.25) is 10.0 Å². The molecule has 0 radical (unpaired) electrons. The van der Waals surface area contributed by atoms with Crippen LogP contribution < -0.4 is 0 Å². The van der Waals surface area contributed by atoms with Crippen LogP contribution in [0, 0.1) is 14.8 Å². The number of fused-ring (bicyclic) bond motifs is 2. The van der Waals surface area contributed by atoms with Gasteiger partial charge in [-0.2, -0.15) is 22.6 Å². The maximum Gasteiger partial charge on any atom is 0.402 e. The summed E-state index contributed by atoms with van der Waals surface area (Å²) in [5, 5.41) is 4.51. The number of alkyl halides is 3. The lowest BCUT2D eigenvalue weighted by Gasteiger charge is -2.46. The molecule has 4 aromatic rings. The summed E-state index contributed by atoms with van der Waals surface area (Å²) in [6.45, 7) is -1.68. The van der Waals surface area contributed by atoms with Crippen molar-refractivity contribution in [3.63, 3.8) is 0 Å². The molecule has 2 saturated carbocycles. The number of benzene rings is 2. The minimum absolute atomic E-state index is 0.0780. The molecule has 0 amide bonds. The van der Waals surface area contributed by atoms with Crippen molar-refractivity contribution in [3.05, 3.63) is 111 Å². The van der Waals surface area contributed by atoms with E-state index in [2.05, 4.69) is 10.1 Å². The summed E-state index contributed by atoms with van der Waals surface area (Å²) < 4.78 is 86.6. The monoisotopic (exact) mass is 776 g/mol. The molecular formula is C34H29F4IN4O3S. The van der Waals surface area contributed by atoms with Gasteiger partial charge in [0.05, 0.1) is 27.9 Å². The molecule has 244 valence electrons. The van der Waals surface area contributed by atoms with Crippen LogP contribution in [0.2, 0.25) is 0 Å². The molecule has 2 heterocycles. The number of aromatic nitrogens is 3. The van der Waals surface area contributed by atoms with Gasteiger partial charge >= 0.3 is 6.18 Å². The molecule has 0 N–H and O–H groups in total. The zero-order valence-corrected chi connectivity index (χ0v) is 27.9. The lowest BCUT2D eigenvalue weighted by molar-refractivity contribution is -0.140. The van der Waals surface area contributed by atoms with Crippen molar-refractivity contribution < 1.29 is 30.8 Å². The van der Waals surface area contributed by atoms with Gasteiger partial charge in [0.15, 0.2) is 5.78 Å². The van der Waals surface area contributed by atoms with E-state index in [1.54, 1.807) is 35.3 Å². The Morgan fingerprint density at radius 1 is 1.00 bits per heavy atom. The Morgan fingerprint density at radius 2 is 1.72 bits per heavy atom.